The number of aliphatic hydroxyl groups excluding tert-OH is 3. The Morgan fingerprint density at radius 2 is 1.84 bits per heavy atom. The van der Waals surface area contributed by atoms with Crippen LogP contribution in [-0.4, -0.2) is 74.4 Å². The standard InChI is InChI=1S/C22H30O9/c1-4-22(3,28)11-5-6-13(2)20(27)29-12-16-17(24)18(25)19(26)21(31-16)30-15-9-7-14(23)8-10-15/h4,6-10,16-19,21,23-26,28H,1,5,11-12H2,2-3H3/t16-,17-,18+,19-,21-,22-/m1/s1. The van der Waals surface area contributed by atoms with Crippen LogP contribution in [-0.2, 0) is 14.3 Å². The van der Waals surface area contributed by atoms with Gasteiger partial charge in [0.05, 0.1) is 5.60 Å². The van der Waals surface area contributed by atoms with Crippen molar-refractivity contribution in [3.63, 3.8) is 0 Å². The zero-order valence-corrected chi connectivity index (χ0v) is 17.5. The SMILES string of the molecule is C=C[C@@](C)(O)CCC=C(C)C(=O)OC[C@H]1O[C@@H](Oc2ccc(O)cc2)[C@H](O)[C@@H](O)[C@@H]1O. The Bertz CT molecular complexity index is 772. The molecule has 1 aliphatic rings. The topological polar surface area (TPSA) is 146 Å². The number of aliphatic hydroxyl groups is 4. The van der Waals surface area contributed by atoms with Crippen LogP contribution >= 0.6 is 0 Å². The highest BCUT2D eigenvalue weighted by Gasteiger charge is 2.45. The third kappa shape index (κ3) is 7.05. The molecule has 0 aromatic heterocycles. The first-order chi connectivity index (χ1) is 14.5. The number of phenols is 1. The molecular formula is C22H30O9. The van der Waals surface area contributed by atoms with Gasteiger partial charge in [0.25, 0.3) is 0 Å². The lowest BCUT2D eigenvalue weighted by molar-refractivity contribution is -0.278. The maximum atomic E-state index is 12.2. The molecule has 0 radical (unpaired) electrons. The van der Waals surface area contributed by atoms with E-state index in [9.17, 15) is 30.3 Å². The molecule has 2 rings (SSSR count). The molecule has 0 amide bonds. The Morgan fingerprint density at radius 3 is 2.45 bits per heavy atom. The quantitative estimate of drug-likeness (QED) is 0.214. The normalized spacial score (nSPS) is 28.5. The molecule has 0 unspecified atom stereocenters. The van der Waals surface area contributed by atoms with Crippen molar-refractivity contribution in [2.24, 2.45) is 0 Å². The minimum atomic E-state index is -1.59. The monoisotopic (exact) mass is 438 g/mol. The largest absolute Gasteiger partial charge is 0.508 e. The van der Waals surface area contributed by atoms with E-state index < -0.39 is 42.3 Å². The highest BCUT2D eigenvalue weighted by atomic mass is 16.7. The molecule has 1 fully saturated rings. The molecule has 0 bridgehead atoms. The first-order valence-corrected chi connectivity index (χ1v) is 9.89. The second-order valence-electron chi connectivity index (χ2n) is 7.71. The van der Waals surface area contributed by atoms with Crippen molar-refractivity contribution < 1.29 is 44.5 Å². The lowest BCUT2D eigenvalue weighted by Gasteiger charge is -2.39. The second kappa shape index (κ2) is 10.7. The van der Waals surface area contributed by atoms with E-state index in [2.05, 4.69) is 6.58 Å². The number of hydrogen-bond donors (Lipinski definition) is 5. The number of benzene rings is 1. The third-order valence-electron chi connectivity index (χ3n) is 5.00. The van der Waals surface area contributed by atoms with E-state index in [0.717, 1.165) is 0 Å². The molecule has 0 aliphatic carbocycles. The van der Waals surface area contributed by atoms with Crippen LogP contribution in [0.5, 0.6) is 11.5 Å². The van der Waals surface area contributed by atoms with E-state index in [4.69, 9.17) is 14.2 Å². The molecule has 172 valence electrons. The van der Waals surface area contributed by atoms with Crippen LogP contribution in [0.2, 0.25) is 0 Å². The minimum absolute atomic E-state index is 0.0224. The average Bonchev–Trinajstić information content (AvgIpc) is 2.74. The van der Waals surface area contributed by atoms with Gasteiger partial charge < -0.3 is 39.7 Å². The number of phenolic OH excluding ortho intramolecular Hbond substituents is 1. The van der Waals surface area contributed by atoms with Crippen LogP contribution in [0.3, 0.4) is 0 Å². The Hall–Kier alpha value is -2.43. The minimum Gasteiger partial charge on any atom is -0.508 e. The summed E-state index contributed by atoms with van der Waals surface area (Å²) >= 11 is 0. The van der Waals surface area contributed by atoms with E-state index in [-0.39, 0.29) is 18.1 Å². The van der Waals surface area contributed by atoms with E-state index in [1.165, 1.54) is 30.3 Å². The molecule has 6 atom stereocenters. The fourth-order valence-corrected chi connectivity index (χ4v) is 2.85. The molecule has 9 heteroatoms. The van der Waals surface area contributed by atoms with Crippen molar-refractivity contribution in [3.05, 3.63) is 48.6 Å². The lowest BCUT2D eigenvalue weighted by Crippen LogP contribution is -2.60. The summed E-state index contributed by atoms with van der Waals surface area (Å²) in [6.07, 6.45) is -3.26. The zero-order valence-electron chi connectivity index (χ0n) is 17.5. The molecule has 0 spiro atoms. The molecule has 1 saturated heterocycles. The smallest absolute Gasteiger partial charge is 0.333 e. The van der Waals surface area contributed by atoms with Crippen LogP contribution in [0.15, 0.2) is 48.6 Å². The second-order valence-corrected chi connectivity index (χ2v) is 7.71. The number of allylic oxidation sites excluding steroid dienone is 1. The lowest BCUT2D eigenvalue weighted by atomic mass is 9.99. The highest BCUT2D eigenvalue weighted by molar-refractivity contribution is 5.87. The predicted molar refractivity (Wildman–Crippen MR) is 110 cm³/mol. The van der Waals surface area contributed by atoms with Crippen molar-refractivity contribution in [2.45, 2.75) is 63.0 Å². The van der Waals surface area contributed by atoms with E-state index in [1.807, 2.05) is 0 Å². The molecule has 1 aromatic rings. The summed E-state index contributed by atoms with van der Waals surface area (Å²) in [6, 6.07) is 5.63. The van der Waals surface area contributed by atoms with Crippen molar-refractivity contribution >= 4 is 5.97 Å². The molecule has 5 N–H and O–H groups in total. The number of carbonyl (C=O) groups is 1. The van der Waals surface area contributed by atoms with Gasteiger partial charge in [-0.3, -0.25) is 0 Å². The maximum absolute atomic E-state index is 12.2. The van der Waals surface area contributed by atoms with Crippen molar-refractivity contribution in [1.82, 2.24) is 0 Å². The Labute approximate surface area is 180 Å². The van der Waals surface area contributed by atoms with Gasteiger partial charge in [-0.2, -0.15) is 0 Å². The van der Waals surface area contributed by atoms with Gasteiger partial charge in [-0.05, 0) is 51.0 Å². The summed E-state index contributed by atoms with van der Waals surface area (Å²) in [5.41, 5.74) is -0.729. The molecular weight excluding hydrogens is 408 g/mol. The van der Waals surface area contributed by atoms with Gasteiger partial charge in [0.1, 0.15) is 42.5 Å². The fraction of sp³-hybridized carbons (Fsp3) is 0.500. The van der Waals surface area contributed by atoms with Gasteiger partial charge >= 0.3 is 5.97 Å². The van der Waals surface area contributed by atoms with E-state index >= 15 is 0 Å². The number of carbonyl (C=O) groups excluding carboxylic acids is 1. The third-order valence-corrected chi connectivity index (χ3v) is 5.00. The van der Waals surface area contributed by atoms with E-state index in [1.54, 1.807) is 19.9 Å². The summed E-state index contributed by atoms with van der Waals surface area (Å²) in [7, 11) is 0. The van der Waals surface area contributed by atoms with Crippen LogP contribution in [0.1, 0.15) is 26.7 Å². The average molecular weight is 438 g/mol. The molecule has 1 heterocycles. The van der Waals surface area contributed by atoms with Crippen LogP contribution < -0.4 is 4.74 Å². The Balaban J connectivity index is 1.93. The van der Waals surface area contributed by atoms with Gasteiger partial charge in [0.2, 0.25) is 6.29 Å². The first kappa shape index (κ1) is 24.8. The van der Waals surface area contributed by atoms with Crippen LogP contribution in [0.25, 0.3) is 0 Å². The van der Waals surface area contributed by atoms with Gasteiger partial charge in [0, 0.05) is 5.57 Å². The molecule has 31 heavy (non-hydrogen) atoms. The first-order valence-electron chi connectivity index (χ1n) is 9.89. The summed E-state index contributed by atoms with van der Waals surface area (Å²) in [6.45, 7) is 6.33. The molecule has 1 aromatic carbocycles. The summed E-state index contributed by atoms with van der Waals surface area (Å²) in [5, 5.41) is 49.6. The van der Waals surface area contributed by atoms with Crippen molar-refractivity contribution in [1.29, 1.82) is 0 Å². The predicted octanol–water partition coefficient (Wildman–Crippen LogP) is 0.785. The molecule has 1 aliphatic heterocycles. The Morgan fingerprint density at radius 1 is 1.19 bits per heavy atom. The number of esters is 1. The maximum Gasteiger partial charge on any atom is 0.333 e. The van der Waals surface area contributed by atoms with Crippen LogP contribution in [0.4, 0.5) is 0 Å². The van der Waals surface area contributed by atoms with Crippen LogP contribution in [0, 0.1) is 0 Å². The summed E-state index contributed by atoms with van der Waals surface area (Å²) in [4.78, 5) is 12.2. The highest BCUT2D eigenvalue weighted by Crippen LogP contribution is 2.26. The number of rotatable bonds is 9. The molecule has 9 nitrogen and oxygen atoms in total. The van der Waals surface area contributed by atoms with Gasteiger partial charge in [0.15, 0.2) is 0 Å². The number of hydrogen-bond acceptors (Lipinski definition) is 9. The molecule has 0 saturated carbocycles. The summed E-state index contributed by atoms with van der Waals surface area (Å²) < 4.78 is 16.1. The Kier molecular flexibility index (Phi) is 8.60. The zero-order chi connectivity index (χ0) is 23.2. The number of aromatic hydroxyl groups is 1. The number of ether oxygens (including phenoxy) is 3. The van der Waals surface area contributed by atoms with Crippen molar-refractivity contribution in [3.8, 4) is 11.5 Å². The fourth-order valence-electron chi connectivity index (χ4n) is 2.85. The summed E-state index contributed by atoms with van der Waals surface area (Å²) in [5.74, 6) is -0.365. The van der Waals surface area contributed by atoms with Gasteiger partial charge in [-0.25, -0.2) is 4.79 Å². The van der Waals surface area contributed by atoms with Crippen molar-refractivity contribution in [2.75, 3.05) is 6.61 Å². The van der Waals surface area contributed by atoms with Gasteiger partial charge in [-0.15, -0.1) is 6.58 Å². The van der Waals surface area contributed by atoms with Gasteiger partial charge in [-0.1, -0.05) is 12.2 Å². The van der Waals surface area contributed by atoms with E-state index in [0.29, 0.717) is 18.4 Å².